The summed E-state index contributed by atoms with van der Waals surface area (Å²) in [5.41, 5.74) is 5.90. The van der Waals surface area contributed by atoms with Crippen LogP contribution >= 0.6 is 0 Å². The zero-order chi connectivity index (χ0) is 15.7. The molecule has 5 nitrogen and oxygen atoms in total. The Kier molecular flexibility index (Phi) is 3.58. The van der Waals surface area contributed by atoms with E-state index in [0.717, 1.165) is 0 Å². The Hall–Kier alpha value is -2.77. The van der Waals surface area contributed by atoms with Gasteiger partial charge in [-0.1, -0.05) is 0 Å². The van der Waals surface area contributed by atoms with E-state index in [2.05, 4.69) is 20.3 Å². The van der Waals surface area contributed by atoms with Crippen molar-refractivity contribution in [3.8, 4) is 0 Å². The van der Waals surface area contributed by atoms with Crippen LogP contribution in [-0.4, -0.2) is 22.8 Å². The molecule has 0 saturated heterocycles. The number of nitrogen functional groups attached to an aromatic ring is 1. The molecule has 2 radical (unpaired) electrons. The summed E-state index contributed by atoms with van der Waals surface area (Å²) in [4.78, 5) is 11.7. The van der Waals surface area contributed by atoms with E-state index in [1.54, 1.807) is 6.07 Å². The predicted molar refractivity (Wildman–Crippen MR) is 80.8 cm³/mol. The Morgan fingerprint density at radius 1 is 1.27 bits per heavy atom. The fourth-order valence-electron chi connectivity index (χ4n) is 2.07. The Bertz CT molecular complexity index is 856. The highest BCUT2D eigenvalue weighted by Crippen LogP contribution is 2.23. The summed E-state index contributed by atoms with van der Waals surface area (Å²) >= 11 is 0. The second-order valence-electron chi connectivity index (χ2n) is 4.60. The molecule has 3 aromatic rings. The lowest BCUT2D eigenvalue weighted by Gasteiger charge is -2.11. The van der Waals surface area contributed by atoms with Crippen LogP contribution in [0.1, 0.15) is 5.56 Å². The molecule has 1 aromatic carbocycles. The zero-order valence-corrected chi connectivity index (χ0v) is 11.3. The normalized spacial score (nSPS) is 10.8. The van der Waals surface area contributed by atoms with Crippen molar-refractivity contribution in [2.45, 2.75) is 6.54 Å². The van der Waals surface area contributed by atoms with Crippen molar-refractivity contribution >= 4 is 36.0 Å². The van der Waals surface area contributed by atoms with Crippen molar-refractivity contribution in [3.05, 3.63) is 47.8 Å². The third kappa shape index (κ3) is 2.55. The third-order valence-electron chi connectivity index (χ3n) is 3.14. The van der Waals surface area contributed by atoms with E-state index in [1.807, 2.05) is 0 Å². The van der Waals surface area contributed by atoms with Gasteiger partial charge in [0.05, 0.1) is 5.52 Å². The van der Waals surface area contributed by atoms with Gasteiger partial charge >= 0.3 is 0 Å². The van der Waals surface area contributed by atoms with Gasteiger partial charge in [-0.15, -0.1) is 0 Å². The van der Waals surface area contributed by atoms with Gasteiger partial charge in [0.15, 0.2) is 11.6 Å². The number of aromatic nitrogens is 3. The molecular formula is C14H10BF2N5. The van der Waals surface area contributed by atoms with Crippen LogP contribution in [-0.2, 0) is 6.54 Å². The lowest BCUT2D eigenvalue weighted by Crippen LogP contribution is -2.16. The monoisotopic (exact) mass is 297 g/mol. The maximum atomic E-state index is 14.4. The molecule has 3 N–H and O–H groups in total. The van der Waals surface area contributed by atoms with Crippen molar-refractivity contribution in [2.75, 3.05) is 11.1 Å². The van der Waals surface area contributed by atoms with E-state index < -0.39 is 11.6 Å². The smallest absolute Gasteiger partial charge is 0.168 e. The van der Waals surface area contributed by atoms with E-state index in [-0.39, 0.29) is 40.2 Å². The topological polar surface area (TPSA) is 76.7 Å². The summed E-state index contributed by atoms with van der Waals surface area (Å²) < 4.78 is 28.5. The van der Waals surface area contributed by atoms with E-state index in [9.17, 15) is 8.78 Å². The first-order valence-corrected chi connectivity index (χ1v) is 6.39. The van der Waals surface area contributed by atoms with E-state index in [1.165, 1.54) is 24.5 Å². The average molecular weight is 297 g/mol. The Balaban J connectivity index is 1.95. The first-order chi connectivity index (χ1) is 10.6. The molecule has 0 amide bonds. The highest BCUT2D eigenvalue weighted by molar-refractivity contribution is 6.30. The fourth-order valence-corrected chi connectivity index (χ4v) is 2.07. The van der Waals surface area contributed by atoms with Crippen molar-refractivity contribution in [3.63, 3.8) is 0 Å². The van der Waals surface area contributed by atoms with Crippen LogP contribution < -0.4 is 16.6 Å². The highest BCUT2D eigenvalue weighted by Gasteiger charge is 2.14. The summed E-state index contributed by atoms with van der Waals surface area (Å²) in [6.45, 7) is -0.148. The number of halogens is 2. The third-order valence-corrected chi connectivity index (χ3v) is 3.14. The van der Waals surface area contributed by atoms with Gasteiger partial charge in [0, 0.05) is 41.5 Å². The molecule has 2 aromatic heterocycles. The molecular weight excluding hydrogens is 287 g/mol. The molecule has 3 rings (SSSR count). The van der Waals surface area contributed by atoms with Gasteiger partial charge in [-0.3, -0.25) is 4.98 Å². The SMILES string of the molecule is [B]c1cnc(N)c(NCc2c(F)cc3ncccc3c2F)n1. The average Bonchev–Trinajstić information content (AvgIpc) is 2.50. The van der Waals surface area contributed by atoms with Gasteiger partial charge in [0.2, 0.25) is 0 Å². The fraction of sp³-hybridized carbons (Fsp3) is 0.0714. The summed E-state index contributed by atoms with van der Waals surface area (Å²) in [6.07, 6.45) is 2.77. The Morgan fingerprint density at radius 2 is 2.09 bits per heavy atom. The van der Waals surface area contributed by atoms with Crippen LogP contribution in [0, 0.1) is 11.6 Å². The van der Waals surface area contributed by atoms with Crippen LogP contribution in [0.15, 0.2) is 30.6 Å². The number of benzene rings is 1. The van der Waals surface area contributed by atoms with E-state index >= 15 is 0 Å². The summed E-state index contributed by atoms with van der Waals surface area (Å²) in [5, 5.41) is 2.98. The van der Waals surface area contributed by atoms with Crippen LogP contribution in [0.4, 0.5) is 20.4 Å². The molecule has 108 valence electrons. The highest BCUT2D eigenvalue weighted by atomic mass is 19.1. The number of nitrogens with zero attached hydrogens (tertiary/aromatic N) is 3. The van der Waals surface area contributed by atoms with Gasteiger partial charge in [-0.2, -0.15) is 0 Å². The van der Waals surface area contributed by atoms with Crippen molar-refractivity contribution in [2.24, 2.45) is 0 Å². The summed E-state index contributed by atoms with van der Waals surface area (Å²) in [6, 6.07) is 4.31. The molecule has 0 aliphatic carbocycles. The minimum absolute atomic E-state index is 0.0949. The summed E-state index contributed by atoms with van der Waals surface area (Å²) in [5.74, 6) is -1.11. The van der Waals surface area contributed by atoms with Crippen LogP contribution in [0.25, 0.3) is 10.9 Å². The second kappa shape index (κ2) is 5.55. The number of nitrogens with one attached hydrogen (secondary N) is 1. The van der Waals surface area contributed by atoms with Gasteiger partial charge in [-0.05, 0) is 12.1 Å². The van der Waals surface area contributed by atoms with Crippen molar-refractivity contribution in [1.82, 2.24) is 15.0 Å². The number of rotatable bonds is 3. The molecule has 0 aliphatic rings. The maximum absolute atomic E-state index is 14.4. The molecule has 0 spiro atoms. The standard InChI is InChI=1S/C14H10BF2N5/c15-11-6-20-13(18)14(22-11)21-5-8-9(16)4-10-7(12(8)17)2-1-3-19-10/h1-4,6H,5H2,(H2,18,20)(H,21,22). The summed E-state index contributed by atoms with van der Waals surface area (Å²) in [7, 11) is 5.51. The molecule has 0 aliphatic heterocycles. The largest absolute Gasteiger partial charge is 0.381 e. The molecule has 22 heavy (non-hydrogen) atoms. The van der Waals surface area contributed by atoms with Gasteiger partial charge < -0.3 is 11.1 Å². The van der Waals surface area contributed by atoms with Gasteiger partial charge in [-0.25, -0.2) is 18.7 Å². The number of fused-ring (bicyclic) bond motifs is 1. The number of pyridine rings is 1. The minimum Gasteiger partial charge on any atom is -0.381 e. The molecule has 0 saturated carbocycles. The first-order valence-electron chi connectivity index (χ1n) is 6.39. The molecule has 8 heteroatoms. The lowest BCUT2D eigenvalue weighted by molar-refractivity contribution is 0.568. The number of anilines is 2. The van der Waals surface area contributed by atoms with Gasteiger partial charge in [0.25, 0.3) is 0 Å². The lowest BCUT2D eigenvalue weighted by atomic mass is 10.1. The van der Waals surface area contributed by atoms with Crippen molar-refractivity contribution < 1.29 is 8.78 Å². The van der Waals surface area contributed by atoms with E-state index in [0.29, 0.717) is 0 Å². The van der Waals surface area contributed by atoms with Crippen LogP contribution in [0.2, 0.25) is 0 Å². The van der Waals surface area contributed by atoms with Crippen LogP contribution in [0.3, 0.4) is 0 Å². The minimum atomic E-state index is -0.702. The van der Waals surface area contributed by atoms with Crippen molar-refractivity contribution in [1.29, 1.82) is 0 Å². The number of hydrogen-bond acceptors (Lipinski definition) is 5. The van der Waals surface area contributed by atoms with Gasteiger partial charge in [0.1, 0.15) is 19.5 Å². The Labute approximate surface area is 126 Å². The van der Waals surface area contributed by atoms with Crippen LogP contribution in [0.5, 0.6) is 0 Å². The molecule has 0 bridgehead atoms. The zero-order valence-electron chi connectivity index (χ0n) is 11.3. The molecule has 2 heterocycles. The Morgan fingerprint density at radius 3 is 2.91 bits per heavy atom. The number of nitrogens with two attached hydrogens (primary N) is 1. The molecule has 0 atom stereocenters. The second-order valence-corrected chi connectivity index (χ2v) is 4.60. The maximum Gasteiger partial charge on any atom is 0.168 e. The quantitative estimate of drug-likeness (QED) is 0.712. The number of hydrogen-bond donors (Lipinski definition) is 2. The predicted octanol–water partition coefficient (Wildman–Crippen LogP) is 1.29. The van der Waals surface area contributed by atoms with E-state index in [4.69, 9.17) is 13.6 Å². The first kappa shape index (κ1) is 14.2. The molecule has 0 unspecified atom stereocenters. The molecule has 0 fully saturated rings.